The highest BCUT2D eigenvalue weighted by molar-refractivity contribution is 5.95. The summed E-state index contributed by atoms with van der Waals surface area (Å²) in [5.41, 5.74) is 1.36. The second-order valence-corrected chi connectivity index (χ2v) is 6.09. The predicted molar refractivity (Wildman–Crippen MR) is 77.3 cm³/mol. The maximum Gasteiger partial charge on any atom is 0.254 e. The van der Waals surface area contributed by atoms with Crippen molar-refractivity contribution in [2.45, 2.75) is 37.2 Å². The summed E-state index contributed by atoms with van der Waals surface area (Å²) in [6, 6.07) is 0. The molecule has 6 heteroatoms. The summed E-state index contributed by atoms with van der Waals surface area (Å²) < 4.78 is 12.7. The molecule has 116 valence electrons. The smallest absolute Gasteiger partial charge is 0.254 e. The molecule has 6 nitrogen and oxygen atoms in total. The van der Waals surface area contributed by atoms with E-state index in [9.17, 15) is 4.79 Å². The Labute approximate surface area is 124 Å². The molecule has 1 saturated heterocycles. The molecule has 0 aromatic carbocycles. The first-order valence-electron chi connectivity index (χ1n) is 7.58. The lowest BCUT2D eigenvalue weighted by molar-refractivity contribution is -0.0679. The Morgan fingerprint density at radius 2 is 2.43 bits per heavy atom. The average molecular weight is 293 g/mol. The van der Waals surface area contributed by atoms with Gasteiger partial charge in [0.2, 0.25) is 0 Å². The number of carbonyl (C=O) groups excluding carboxylic acids is 1. The van der Waals surface area contributed by atoms with Crippen LogP contribution in [0.4, 0.5) is 0 Å². The molecule has 1 aliphatic carbocycles. The van der Waals surface area contributed by atoms with E-state index in [1.807, 2.05) is 7.05 Å². The zero-order chi connectivity index (χ0) is 14.9. The highest BCUT2D eigenvalue weighted by Crippen LogP contribution is 2.34. The van der Waals surface area contributed by atoms with Gasteiger partial charge in [-0.25, -0.2) is 0 Å². The number of hydrogen-bond donors (Lipinski definition) is 1. The molecule has 1 aliphatic heterocycles. The molecular formula is C15H23N3O3. The molecule has 1 N–H and O–H groups in total. The molecule has 1 saturated carbocycles. The van der Waals surface area contributed by atoms with E-state index >= 15 is 0 Å². The van der Waals surface area contributed by atoms with Crippen LogP contribution in [0, 0.1) is 0 Å². The molecule has 0 unspecified atom stereocenters. The summed E-state index contributed by atoms with van der Waals surface area (Å²) in [5, 5.41) is 7.47. The fourth-order valence-electron chi connectivity index (χ4n) is 3.09. The van der Waals surface area contributed by atoms with Gasteiger partial charge in [0.25, 0.3) is 5.91 Å². The van der Waals surface area contributed by atoms with Crippen molar-refractivity contribution in [1.82, 2.24) is 15.1 Å². The van der Waals surface area contributed by atoms with Crippen LogP contribution in [-0.2, 0) is 16.5 Å². The SMILES string of the molecule is COC1(CNC(=O)c2cn(C)nc2[C@@H]2CCOC2)CCC1. The quantitative estimate of drug-likeness (QED) is 0.886. The Kier molecular flexibility index (Phi) is 3.99. The van der Waals surface area contributed by atoms with Crippen molar-refractivity contribution in [3.63, 3.8) is 0 Å². The Bertz CT molecular complexity index is 511. The summed E-state index contributed by atoms with van der Waals surface area (Å²) in [6.07, 6.45) is 5.92. The van der Waals surface area contributed by atoms with Crippen molar-refractivity contribution >= 4 is 5.91 Å². The Hall–Kier alpha value is -1.40. The molecule has 2 heterocycles. The number of nitrogens with one attached hydrogen (secondary N) is 1. The first-order chi connectivity index (χ1) is 10.1. The van der Waals surface area contributed by atoms with E-state index in [0.29, 0.717) is 18.7 Å². The maximum absolute atomic E-state index is 12.5. The zero-order valence-corrected chi connectivity index (χ0v) is 12.7. The third kappa shape index (κ3) is 2.82. The summed E-state index contributed by atoms with van der Waals surface area (Å²) in [4.78, 5) is 12.5. The number of aromatic nitrogens is 2. The number of methoxy groups -OCH3 is 1. The van der Waals surface area contributed by atoms with Crippen LogP contribution in [0.1, 0.15) is 47.7 Å². The Morgan fingerprint density at radius 3 is 3.00 bits per heavy atom. The zero-order valence-electron chi connectivity index (χ0n) is 12.7. The largest absolute Gasteiger partial charge is 0.381 e. The van der Waals surface area contributed by atoms with Gasteiger partial charge < -0.3 is 14.8 Å². The summed E-state index contributed by atoms with van der Waals surface area (Å²) in [5.74, 6) is 0.167. The average Bonchev–Trinajstić information content (AvgIpc) is 3.06. The van der Waals surface area contributed by atoms with E-state index in [1.54, 1.807) is 18.0 Å². The Morgan fingerprint density at radius 1 is 1.62 bits per heavy atom. The first kappa shape index (κ1) is 14.5. The number of aryl methyl sites for hydroxylation is 1. The van der Waals surface area contributed by atoms with Crippen LogP contribution < -0.4 is 5.32 Å². The van der Waals surface area contributed by atoms with Gasteiger partial charge in [0.15, 0.2) is 0 Å². The number of hydrogen-bond acceptors (Lipinski definition) is 4. The lowest BCUT2D eigenvalue weighted by Gasteiger charge is -2.40. The molecule has 0 spiro atoms. The highest BCUT2D eigenvalue weighted by atomic mass is 16.5. The highest BCUT2D eigenvalue weighted by Gasteiger charge is 2.37. The van der Waals surface area contributed by atoms with E-state index in [2.05, 4.69) is 10.4 Å². The number of carbonyl (C=O) groups is 1. The normalized spacial score (nSPS) is 23.8. The van der Waals surface area contributed by atoms with Crippen LogP contribution in [0.15, 0.2) is 6.20 Å². The second kappa shape index (κ2) is 5.77. The number of rotatable bonds is 5. The molecule has 1 atom stereocenters. The minimum absolute atomic E-state index is 0.0617. The molecule has 21 heavy (non-hydrogen) atoms. The summed E-state index contributed by atoms with van der Waals surface area (Å²) in [6.45, 7) is 1.96. The van der Waals surface area contributed by atoms with E-state index in [-0.39, 0.29) is 17.4 Å². The monoisotopic (exact) mass is 293 g/mol. The van der Waals surface area contributed by atoms with Crippen molar-refractivity contribution in [2.75, 3.05) is 26.9 Å². The fraction of sp³-hybridized carbons (Fsp3) is 0.733. The van der Waals surface area contributed by atoms with Crippen LogP contribution >= 0.6 is 0 Å². The van der Waals surface area contributed by atoms with Crippen molar-refractivity contribution in [2.24, 2.45) is 7.05 Å². The van der Waals surface area contributed by atoms with E-state index in [1.165, 1.54) is 6.42 Å². The fourth-order valence-corrected chi connectivity index (χ4v) is 3.09. The van der Waals surface area contributed by atoms with Gasteiger partial charge >= 0.3 is 0 Å². The van der Waals surface area contributed by atoms with Gasteiger partial charge in [0.05, 0.1) is 23.5 Å². The molecule has 3 rings (SSSR count). The van der Waals surface area contributed by atoms with Crippen molar-refractivity contribution in [1.29, 1.82) is 0 Å². The molecule has 0 radical (unpaired) electrons. The van der Waals surface area contributed by atoms with Gasteiger partial charge in [0.1, 0.15) is 0 Å². The van der Waals surface area contributed by atoms with Crippen molar-refractivity contribution in [3.8, 4) is 0 Å². The third-order valence-corrected chi connectivity index (χ3v) is 4.69. The van der Waals surface area contributed by atoms with Crippen LogP contribution in [0.5, 0.6) is 0 Å². The Balaban J connectivity index is 1.69. The van der Waals surface area contributed by atoms with Gasteiger partial charge in [-0.1, -0.05) is 0 Å². The molecule has 0 bridgehead atoms. The number of ether oxygens (including phenoxy) is 2. The van der Waals surface area contributed by atoms with E-state index in [0.717, 1.165) is 31.6 Å². The number of amides is 1. The van der Waals surface area contributed by atoms with Gasteiger partial charge in [-0.05, 0) is 25.7 Å². The van der Waals surface area contributed by atoms with Crippen molar-refractivity contribution in [3.05, 3.63) is 17.5 Å². The van der Waals surface area contributed by atoms with Crippen LogP contribution in [-0.4, -0.2) is 48.2 Å². The minimum Gasteiger partial charge on any atom is -0.381 e. The third-order valence-electron chi connectivity index (χ3n) is 4.69. The van der Waals surface area contributed by atoms with Gasteiger partial charge in [0, 0.05) is 39.4 Å². The topological polar surface area (TPSA) is 65.4 Å². The summed E-state index contributed by atoms with van der Waals surface area (Å²) in [7, 11) is 3.56. The predicted octanol–water partition coefficient (Wildman–Crippen LogP) is 1.22. The van der Waals surface area contributed by atoms with Gasteiger partial charge in [-0.15, -0.1) is 0 Å². The van der Waals surface area contributed by atoms with Gasteiger partial charge in [-0.2, -0.15) is 5.10 Å². The second-order valence-electron chi connectivity index (χ2n) is 6.09. The van der Waals surface area contributed by atoms with Crippen LogP contribution in [0.25, 0.3) is 0 Å². The number of nitrogens with zero attached hydrogens (tertiary/aromatic N) is 2. The maximum atomic E-state index is 12.5. The van der Waals surface area contributed by atoms with Crippen LogP contribution in [0.3, 0.4) is 0 Å². The molecule has 1 aromatic heterocycles. The molecule has 1 aromatic rings. The standard InChI is InChI=1S/C15H23N3O3/c1-18-8-12(13(17-18)11-4-7-21-9-11)14(19)16-10-15(20-2)5-3-6-15/h8,11H,3-7,9-10H2,1-2H3,(H,16,19)/t11-/m1/s1. The molecule has 1 amide bonds. The molecular weight excluding hydrogens is 270 g/mol. The van der Waals surface area contributed by atoms with Gasteiger partial charge in [-0.3, -0.25) is 9.48 Å². The first-order valence-corrected chi connectivity index (χ1v) is 7.58. The van der Waals surface area contributed by atoms with Crippen molar-refractivity contribution < 1.29 is 14.3 Å². The summed E-state index contributed by atoms with van der Waals surface area (Å²) >= 11 is 0. The van der Waals surface area contributed by atoms with E-state index < -0.39 is 0 Å². The van der Waals surface area contributed by atoms with Crippen LogP contribution in [0.2, 0.25) is 0 Å². The van der Waals surface area contributed by atoms with E-state index in [4.69, 9.17) is 9.47 Å². The lowest BCUT2D eigenvalue weighted by atomic mass is 9.80. The molecule has 2 fully saturated rings. The minimum atomic E-state index is -0.158. The molecule has 2 aliphatic rings. The lowest BCUT2D eigenvalue weighted by Crippen LogP contribution is -2.49.